The molecule has 0 N–H and O–H groups in total. The van der Waals surface area contributed by atoms with E-state index in [1.165, 1.54) is 11.9 Å². The first kappa shape index (κ1) is 7.40. The molecule has 10 heavy (non-hydrogen) atoms. The van der Waals surface area contributed by atoms with Crippen LogP contribution in [0.2, 0.25) is 0 Å². The molecular formula is C5H8N2O2S. The van der Waals surface area contributed by atoms with E-state index in [1.54, 1.807) is 7.05 Å². The minimum absolute atomic E-state index is 0.268. The number of imide groups is 1. The van der Waals surface area contributed by atoms with Gasteiger partial charge in [-0.1, -0.05) is 0 Å². The standard InChI is InChI=1S/C5H8N2O2S/c1-6-3(8)4(10)7(2)5(6)9/h4,10H,1-2H3. The zero-order valence-corrected chi connectivity index (χ0v) is 6.63. The third kappa shape index (κ3) is 0.775. The number of thiol groups is 1. The molecule has 0 aromatic rings. The Morgan fingerprint density at radius 1 is 1.40 bits per heavy atom. The van der Waals surface area contributed by atoms with Crippen LogP contribution in [0.25, 0.3) is 0 Å². The second-order valence-electron chi connectivity index (χ2n) is 2.16. The van der Waals surface area contributed by atoms with Gasteiger partial charge in [0, 0.05) is 14.1 Å². The van der Waals surface area contributed by atoms with Gasteiger partial charge in [-0.25, -0.2) is 4.79 Å². The molecule has 1 aliphatic heterocycles. The summed E-state index contributed by atoms with van der Waals surface area (Å²) in [5, 5.41) is -0.600. The number of amides is 3. The van der Waals surface area contributed by atoms with Crippen molar-refractivity contribution >= 4 is 24.6 Å². The lowest BCUT2D eigenvalue weighted by Gasteiger charge is -2.08. The first-order valence-corrected chi connectivity index (χ1v) is 3.29. The second-order valence-corrected chi connectivity index (χ2v) is 2.65. The average molecular weight is 160 g/mol. The van der Waals surface area contributed by atoms with Gasteiger partial charge in [0.15, 0.2) is 5.37 Å². The number of nitrogens with zero attached hydrogens (tertiary/aromatic N) is 2. The molecule has 0 bridgehead atoms. The Bertz CT molecular complexity index is 174. The average Bonchev–Trinajstić information content (AvgIpc) is 2.07. The minimum atomic E-state index is -0.600. The van der Waals surface area contributed by atoms with Gasteiger partial charge in [0.2, 0.25) is 0 Å². The van der Waals surface area contributed by atoms with Crippen molar-refractivity contribution in [3.8, 4) is 0 Å². The van der Waals surface area contributed by atoms with Crippen molar-refractivity contribution in [1.82, 2.24) is 9.80 Å². The maximum Gasteiger partial charge on any atom is 0.327 e. The molecule has 1 heterocycles. The van der Waals surface area contributed by atoms with E-state index in [0.29, 0.717) is 0 Å². The van der Waals surface area contributed by atoms with Gasteiger partial charge in [-0.3, -0.25) is 9.69 Å². The predicted octanol–water partition coefficient (Wildman–Crippen LogP) is -0.234. The van der Waals surface area contributed by atoms with Gasteiger partial charge in [-0.2, -0.15) is 0 Å². The Hall–Kier alpha value is -0.710. The largest absolute Gasteiger partial charge is 0.327 e. The molecule has 3 amide bonds. The SMILES string of the molecule is CN1C(=O)C(S)N(C)C1=O. The van der Waals surface area contributed by atoms with Gasteiger partial charge in [0.25, 0.3) is 5.91 Å². The molecule has 1 fully saturated rings. The van der Waals surface area contributed by atoms with Crippen LogP contribution in [0.5, 0.6) is 0 Å². The topological polar surface area (TPSA) is 40.6 Å². The summed E-state index contributed by atoms with van der Waals surface area (Å²) in [6.45, 7) is 0. The second kappa shape index (κ2) is 2.16. The van der Waals surface area contributed by atoms with Gasteiger partial charge < -0.3 is 4.90 Å². The van der Waals surface area contributed by atoms with Crippen LogP contribution in [0.1, 0.15) is 0 Å². The maximum absolute atomic E-state index is 10.9. The van der Waals surface area contributed by atoms with Crippen LogP contribution >= 0.6 is 12.6 Å². The van der Waals surface area contributed by atoms with Crippen LogP contribution < -0.4 is 0 Å². The summed E-state index contributed by atoms with van der Waals surface area (Å²) in [6, 6.07) is -0.301. The van der Waals surface area contributed by atoms with E-state index >= 15 is 0 Å². The molecule has 1 atom stereocenters. The van der Waals surface area contributed by atoms with E-state index in [4.69, 9.17) is 0 Å². The first-order valence-electron chi connectivity index (χ1n) is 2.78. The molecular weight excluding hydrogens is 152 g/mol. The van der Waals surface area contributed by atoms with Crippen LogP contribution in [0.3, 0.4) is 0 Å². The Labute approximate surface area is 64.2 Å². The molecule has 5 heteroatoms. The smallest absolute Gasteiger partial charge is 0.307 e. The molecule has 1 unspecified atom stereocenters. The monoisotopic (exact) mass is 160 g/mol. The zero-order chi connectivity index (χ0) is 7.89. The highest BCUT2D eigenvalue weighted by molar-refractivity contribution is 7.81. The lowest BCUT2D eigenvalue weighted by molar-refractivity contribution is -0.125. The number of carbonyl (C=O) groups is 2. The van der Waals surface area contributed by atoms with Crippen LogP contribution in [-0.2, 0) is 4.79 Å². The number of carbonyl (C=O) groups excluding carboxylic acids is 2. The third-order valence-electron chi connectivity index (χ3n) is 1.51. The van der Waals surface area contributed by atoms with Crippen LogP contribution in [-0.4, -0.2) is 41.2 Å². The number of urea groups is 1. The molecule has 0 spiro atoms. The Kier molecular flexibility index (Phi) is 1.60. The summed E-state index contributed by atoms with van der Waals surface area (Å²) in [5.74, 6) is -0.268. The molecule has 0 aromatic carbocycles. The highest BCUT2D eigenvalue weighted by Crippen LogP contribution is 2.15. The highest BCUT2D eigenvalue weighted by atomic mass is 32.1. The van der Waals surface area contributed by atoms with E-state index in [2.05, 4.69) is 12.6 Å². The maximum atomic E-state index is 10.9. The fourth-order valence-electron chi connectivity index (χ4n) is 0.774. The van der Waals surface area contributed by atoms with Crippen LogP contribution in [0, 0.1) is 0 Å². The number of rotatable bonds is 0. The summed E-state index contributed by atoms with van der Waals surface area (Å²) in [4.78, 5) is 24.2. The van der Waals surface area contributed by atoms with Crippen LogP contribution in [0.4, 0.5) is 4.79 Å². The van der Waals surface area contributed by atoms with E-state index in [1.807, 2.05) is 0 Å². The molecule has 0 radical (unpaired) electrons. The quantitative estimate of drug-likeness (QED) is 0.392. The molecule has 1 aliphatic rings. The normalized spacial score (nSPS) is 26.5. The summed E-state index contributed by atoms with van der Waals surface area (Å²) in [6.07, 6.45) is 0. The minimum Gasteiger partial charge on any atom is -0.307 e. The zero-order valence-electron chi connectivity index (χ0n) is 5.74. The van der Waals surface area contributed by atoms with Gasteiger partial charge in [0.1, 0.15) is 0 Å². The third-order valence-corrected chi connectivity index (χ3v) is 2.07. The van der Waals surface area contributed by atoms with E-state index in [9.17, 15) is 9.59 Å². The number of hydrogen-bond acceptors (Lipinski definition) is 3. The Balaban J connectivity index is 2.89. The van der Waals surface area contributed by atoms with Gasteiger partial charge in [-0.15, -0.1) is 12.6 Å². The van der Waals surface area contributed by atoms with Gasteiger partial charge in [-0.05, 0) is 0 Å². The van der Waals surface area contributed by atoms with Crippen molar-refractivity contribution in [1.29, 1.82) is 0 Å². The molecule has 4 nitrogen and oxygen atoms in total. The molecule has 1 rings (SSSR count). The lowest BCUT2D eigenvalue weighted by atomic mass is 10.6. The first-order chi connectivity index (χ1) is 4.55. The van der Waals surface area contributed by atoms with Gasteiger partial charge >= 0.3 is 6.03 Å². The Morgan fingerprint density at radius 2 is 1.90 bits per heavy atom. The molecule has 0 aromatic heterocycles. The Morgan fingerprint density at radius 3 is 2.00 bits per heavy atom. The molecule has 1 saturated heterocycles. The molecule has 0 saturated carbocycles. The van der Waals surface area contributed by atoms with Crippen molar-refractivity contribution in [2.45, 2.75) is 5.37 Å². The predicted molar refractivity (Wildman–Crippen MR) is 38.7 cm³/mol. The van der Waals surface area contributed by atoms with E-state index in [-0.39, 0.29) is 11.9 Å². The van der Waals surface area contributed by atoms with Gasteiger partial charge in [0.05, 0.1) is 0 Å². The number of likely N-dealkylation sites (N-methyl/N-ethyl adjacent to an activating group) is 2. The van der Waals surface area contributed by atoms with Crippen LogP contribution in [0.15, 0.2) is 0 Å². The van der Waals surface area contributed by atoms with Crippen molar-refractivity contribution in [3.63, 3.8) is 0 Å². The fourth-order valence-corrected chi connectivity index (χ4v) is 1.05. The summed E-state index contributed by atoms with van der Waals surface area (Å²) in [5.41, 5.74) is 0. The molecule has 0 aliphatic carbocycles. The van der Waals surface area contributed by atoms with Crippen molar-refractivity contribution in [2.75, 3.05) is 14.1 Å². The fraction of sp³-hybridized carbons (Fsp3) is 0.600. The summed E-state index contributed by atoms with van der Waals surface area (Å²) in [7, 11) is 2.98. The highest BCUT2D eigenvalue weighted by Gasteiger charge is 2.38. The van der Waals surface area contributed by atoms with E-state index < -0.39 is 5.37 Å². The number of hydrogen-bond donors (Lipinski definition) is 1. The molecule has 56 valence electrons. The van der Waals surface area contributed by atoms with E-state index in [0.717, 1.165) is 4.90 Å². The van der Waals surface area contributed by atoms with Crippen molar-refractivity contribution in [2.24, 2.45) is 0 Å². The lowest BCUT2D eigenvalue weighted by Crippen LogP contribution is -2.27. The van der Waals surface area contributed by atoms with Crippen molar-refractivity contribution in [3.05, 3.63) is 0 Å². The summed E-state index contributed by atoms with van der Waals surface area (Å²) < 4.78 is 0. The summed E-state index contributed by atoms with van der Waals surface area (Å²) >= 11 is 3.91. The van der Waals surface area contributed by atoms with Crippen molar-refractivity contribution < 1.29 is 9.59 Å².